The molecule has 18 heavy (non-hydrogen) atoms. The van der Waals surface area contributed by atoms with Crippen molar-refractivity contribution in [3.8, 4) is 11.3 Å². The molecule has 2 aromatic heterocycles. The lowest BCUT2D eigenvalue weighted by Crippen LogP contribution is -1.85. The number of fused-ring (bicyclic) bond motifs is 1. The minimum Gasteiger partial charge on any atom is -0.294 e. The molecule has 0 radical (unpaired) electrons. The molecule has 92 valence electrons. The van der Waals surface area contributed by atoms with Gasteiger partial charge in [0.1, 0.15) is 5.82 Å². The van der Waals surface area contributed by atoms with Crippen molar-refractivity contribution in [2.75, 3.05) is 0 Å². The molecule has 0 saturated carbocycles. The van der Waals surface area contributed by atoms with Gasteiger partial charge in [-0.15, -0.1) is 11.3 Å². The van der Waals surface area contributed by atoms with Crippen LogP contribution >= 0.6 is 27.3 Å². The molecule has 0 aliphatic rings. The summed E-state index contributed by atoms with van der Waals surface area (Å²) in [6.07, 6.45) is 1.89. The van der Waals surface area contributed by atoms with Gasteiger partial charge in [0.2, 0.25) is 0 Å². The Hall–Kier alpha value is -1.20. The van der Waals surface area contributed by atoms with Crippen molar-refractivity contribution in [3.63, 3.8) is 0 Å². The van der Waals surface area contributed by atoms with E-state index in [9.17, 15) is 4.39 Å². The first-order valence-electron chi connectivity index (χ1n) is 5.47. The number of aromatic nitrogens is 2. The number of hydrogen-bond donors (Lipinski definition) is 0. The fourth-order valence-electron chi connectivity index (χ4n) is 1.88. The third-order valence-corrected chi connectivity index (χ3v) is 4.56. The lowest BCUT2D eigenvalue weighted by Gasteiger charge is -1.99. The molecular weight excluding hydrogens is 315 g/mol. The summed E-state index contributed by atoms with van der Waals surface area (Å²) in [5.74, 6) is -0.260. The number of benzene rings is 1. The van der Waals surface area contributed by atoms with E-state index in [1.807, 2.05) is 23.6 Å². The van der Waals surface area contributed by atoms with E-state index in [-0.39, 0.29) is 5.82 Å². The smallest absolute Gasteiger partial charge is 0.194 e. The van der Waals surface area contributed by atoms with Crippen LogP contribution in [0.1, 0.15) is 10.6 Å². The molecule has 0 aliphatic carbocycles. The quantitative estimate of drug-likeness (QED) is 0.640. The van der Waals surface area contributed by atoms with Crippen molar-refractivity contribution in [1.29, 1.82) is 0 Å². The van der Waals surface area contributed by atoms with E-state index in [4.69, 9.17) is 0 Å². The van der Waals surface area contributed by atoms with Crippen molar-refractivity contribution in [1.82, 2.24) is 9.38 Å². The van der Waals surface area contributed by atoms with Crippen molar-refractivity contribution < 1.29 is 4.39 Å². The molecule has 0 saturated heterocycles. The monoisotopic (exact) mass is 324 g/mol. The van der Waals surface area contributed by atoms with E-state index < -0.39 is 0 Å². The van der Waals surface area contributed by atoms with Crippen LogP contribution in [-0.4, -0.2) is 9.38 Å². The molecule has 1 aromatic carbocycles. The maximum atomic E-state index is 13.9. The van der Waals surface area contributed by atoms with Crippen molar-refractivity contribution in [2.24, 2.45) is 0 Å². The first-order chi connectivity index (χ1) is 8.56. The highest BCUT2D eigenvalue weighted by Crippen LogP contribution is 2.28. The average molecular weight is 325 g/mol. The predicted molar refractivity (Wildman–Crippen MR) is 75.6 cm³/mol. The van der Waals surface area contributed by atoms with Crippen LogP contribution in [0.3, 0.4) is 0 Å². The van der Waals surface area contributed by atoms with Gasteiger partial charge in [-0.05, 0) is 32.0 Å². The number of aryl methyl sites for hydroxylation is 2. The minimum atomic E-state index is -0.260. The highest BCUT2D eigenvalue weighted by Gasteiger charge is 2.13. The zero-order chi connectivity index (χ0) is 12.9. The van der Waals surface area contributed by atoms with Crippen LogP contribution in [0.15, 0.2) is 28.9 Å². The van der Waals surface area contributed by atoms with E-state index in [0.717, 1.165) is 15.1 Å². The van der Waals surface area contributed by atoms with Crippen molar-refractivity contribution in [3.05, 3.63) is 45.3 Å². The summed E-state index contributed by atoms with van der Waals surface area (Å²) in [6.45, 7) is 4.11. The van der Waals surface area contributed by atoms with E-state index in [0.29, 0.717) is 11.3 Å². The number of imidazole rings is 1. The zero-order valence-electron chi connectivity index (χ0n) is 9.87. The largest absolute Gasteiger partial charge is 0.294 e. The second-order valence-electron chi connectivity index (χ2n) is 4.15. The molecule has 3 aromatic rings. The lowest BCUT2D eigenvalue weighted by molar-refractivity contribution is 0.630. The van der Waals surface area contributed by atoms with E-state index in [1.54, 1.807) is 17.4 Å². The fourth-order valence-corrected chi connectivity index (χ4v) is 3.17. The summed E-state index contributed by atoms with van der Waals surface area (Å²) in [5.41, 5.74) is 2.37. The van der Waals surface area contributed by atoms with Gasteiger partial charge in [-0.3, -0.25) is 4.40 Å². The number of rotatable bonds is 1. The maximum Gasteiger partial charge on any atom is 0.194 e. The molecule has 2 nitrogen and oxygen atoms in total. The molecule has 0 atom stereocenters. The normalized spacial score (nSPS) is 11.3. The predicted octanol–water partition coefficient (Wildman–Crippen LogP) is 4.58. The first-order valence-corrected chi connectivity index (χ1v) is 7.08. The number of nitrogens with zero attached hydrogens (tertiary/aromatic N) is 2. The van der Waals surface area contributed by atoms with Gasteiger partial charge in [-0.2, -0.15) is 0 Å². The Labute approximate surface area is 116 Å². The average Bonchev–Trinajstić information content (AvgIpc) is 2.81. The first kappa shape index (κ1) is 11.9. The van der Waals surface area contributed by atoms with E-state index >= 15 is 0 Å². The van der Waals surface area contributed by atoms with Crippen LogP contribution in [0, 0.1) is 19.7 Å². The highest BCUT2D eigenvalue weighted by atomic mass is 79.9. The van der Waals surface area contributed by atoms with Crippen molar-refractivity contribution >= 4 is 32.2 Å². The lowest BCUT2D eigenvalue weighted by atomic mass is 10.1. The van der Waals surface area contributed by atoms with Crippen LogP contribution in [0.25, 0.3) is 16.2 Å². The SMILES string of the molecule is Cc1sc2nc(-c3ccc(Br)cc3F)cn2c1C. The third-order valence-electron chi connectivity index (χ3n) is 3.00. The van der Waals surface area contributed by atoms with Crippen LogP contribution in [0.4, 0.5) is 4.39 Å². The number of thiazole rings is 1. The summed E-state index contributed by atoms with van der Waals surface area (Å²) < 4.78 is 16.6. The molecule has 0 bridgehead atoms. The Balaban J connectivity index is 2.19. The standard InChI is InChI=1S/C13H10BrFN2S/c1-7-8(2)18-13-16-12(6-17(7)13)10-4-3-9(14)5-11(10)15/h3-6H,1-2H3. The van der Waals surface area contributed by atoms with Crippen molar-refractivity contribution in [2.45, 2.75) is 13.8 Å². The summed E-state index contributed by atoms with van der Waals surface area (Å²) in [6, 6.07) is 5.03. The third kappa shape index (κ3) is 1.78. The Kier molecular flexibility index (Phi) is 2.75. The van der Waals surface area contributed by atoms with Gasteiger partial charge in [0.15, 0.2) is 4.96 Å². The molecule has 0 spiro atoms. The Morgan fingerprint density at radius 2 is 2.11 bits per heavy atom. The summed E-state index contributed by atoms with van der Waals surface area (Å²) in [7, 11) is 0. The van der Waals surface area contributed by atoms with Gasteiger partial charge < -0.3 is 0 Å². The molecule has 0 amide bonds. The molecule has 2 heterocycles. The Morgan fingerprint density at radius 3 is 2.78 bits per heavy atom. The number of hydrogen-bond acceptors (Lipinski definition) is 2. The maximum absolute atomic E-state index is 13.9. The minimum absolute atomic E-state index is 0.260. The van der Waals surface area contributed by atoms with E-state index in [2.05, 4.69) is 27.8 Å². The van der Waals surface area contributed by atoms with E-state index in [1.165, 1.54) is 10.9 Å². The fraction of sp³-hybridized carbons (Fsp3) is 0.154. The Morgan fingerprint density at radius 1 is 1.33 bits per heavy atom. The van der Waals surface area contributed by atoms with Crippen LogP contribution < -0.4 is 0 Å². The van der Waals surface area contributed by atoms with Gasteiger partial charge in [-0.25, -0.2) is 9.37 Å². The number of halogens is 2. The summed E-state index contributed by atoms with van der Waals surface area (Å²) in [5, 5.41) is 0. The molecular formula is C13H10BrFN2S. The molecule has 3 rings (SSSR count). The summed E-state index contributed by atoms with van der Waals surface area (Å²) >= 11 is 4.88. The van der Waals surface area contributed by atoms with Gasteiger partial charge in [0.05, 0.1) is 5.69 Å². The second-order valence-corrected chi connectivity index (χ2v) is 6.24. The molecule has 5 heteroatoms. The topological polar surface area (TPSA) is 17.3 Å². The van der Waals surface area contributed by atoms with Gasteiger partial charge in [0, 0.05) is 26.8 Å². The van der Waals surface area contributed by atoms with Gasteiger partial charge >= 0.3 is 0 Å². The molecule has 0 unspecified atom stereocenters. The second kappa shape index (κ2) is 4.17. The van der Waals surface area contributed by atoms with Crippen LogP contribution in [-0.2, 0) is 0 Å². The van der Waals surface area contributed by atoms with Gasteiger partial charge in [0.25, 0.3) is 0 Å². The summed E-state index contributed by atoms with van der Waals surface area (Å²) in [4.78, 5) is 6.62. The van der Waals surface area contributed by atoms with Gasteiger partial charge in [-0.1, -0.05) is 15.9 Å². The zero-order valence-corrected chi connectivity index (χ0v) is 12.3. The Bertz CT molecular complexity index is 745. The van der Waals surface area contributed by atoms with Crippen LogP contribution in [0.2, 0.25) is 0 Å². The molecule has 0 fully saturated rings. The van der Waals surface area contributed by atoms with Crippen LogP contribution in [0.5, 0.6) is 0 Å². The molecule has 0 aliphatic heterocycles. The molecule has 0 N–H and O–H groups in total. The highest BCUT2D eigenvalue weighted by molar-refractivity contribution is 9.10.